The number of allylic oxidation sites excluding steroid dienone is 2. The highest BCUT2D eigenvalue weighted by atomic mass is 16.7. The summed E-state index contributed by atoms with van der Waals surface area (Å²) in [5.74, 6) is 0.367. The Kier molecular flexibility index (Phi) is 6.56. The molecule has 16 heavy (non-hydrogen) atoms. The van der Waals surface area contributed by atoms with Gasteiger partial charge in [-0.3, -0.25) is 0 Å². The molecule has 0 radical (unpaired) electrons. The fourth-order valence-electron chi connectivity index (χ4n) is 1.48. The fourth-order valence-corrected chi connectivity index (χ4v) is 1.48. The minimum Gasteiger partial charge on any atom is -0.376 e. The van der Waals surface area contributed by atoms with Crippen LogP contribution in [0.5, 0.6) is 0 Å². The Morgan fingerprint density at radius 2 is 1.69 bits per heavy atom. The lowest BCUT2D eigenvalue weighted by molar-refractivity contribution is -0.178. The molecule has 0 saturated heterocycles. The number of methoxy groups -OCH3 is 2. The van der Waals surface area contributed by atoms with Crippen LogP contribution < -0.4 is 0 Å². The van der Waals surface area contributed by atoms with Crippen LogP contribution in [0.2, 0.25) is 0 Å². The van der Waals surface area contributed by atoms with Gasteiger partial charge in [0.1, 0.15) is 0 Å². The predicted molar refractivity (Wildman–Crippen MR) is 66.2 cm³/mol. The number of hydrogen-bond donors (Lipinski definition) is 1. The van der Waals surface area contributed by atoms with Crippen molar-refractivity contribution in [1.82, 2.24) is 0 Å². The molecule has 0 aromatic heterocycles. The van der Waals surface area contributed by atoms with Crippen molar-refractivity contribution in [3.05, 3.63) is 23.8 Å². The summed E-state index contributed by atoms with van der Waals surface area (Å²) in [5.41, 5.74) is -0.206. The zero-order chi connectivity index (χ0) is 12.8. The third-order valence-corrected chi connectivity index (χ3v) is 2.07. The van der Waals surface area contributed by atoms with Gasteiger partial charge in [0.25, 0.3) is 0 Å². The van der Waals surface area contributed by atoms with Gasteiger partial charge >= 0.3 is 0 Å². The Bertz CT molecular complexity index is 248. The van der Waals surface area contributed by atoms with Crippen molar-refractivity contribution in [3.63, 3.8) is 0 Å². The second-order valence-electron chi connectivity index (χ2n) is 4.52. The Balaban J connectivity index is 5.09. The molecule has 0 amide bonds. The van der Waals surface area contributed by atoms with E-state index in [1.165, 1.54) is 14.2 Å². The smallest absolute Gasteiger partial charge is 0.193 e. The van der Waals surface area contributed by atoms with E-state index in [-0.39, 0.29) is 0 Å². The maximum atomic E-state index is 10.5. The first-order valence-electron chi connectivity index (χ1n) is 5.49. The molecule has 0 fully saturated rings. The van der Waals surface area contributed by atoms with E-state index in [0.29, 0.717) is 5.92 Å². The van der Waals surface area contributed by atoms with Crippen LogP contribution in [-0.2, 0) is 9.47 Å². The Hall–Kier alpha value is -0.640. The van der Waals surface area contributed by atoms with E-state index < -0.39 is 11.9 Å². The van der Waals surface area contributed by atoms with Gasteiger partial charge in [-0.25, -0.2) is 0 Å². The maximum Gasteiger partial charge on any atom is 0.193 e. The second-order valence-corrected chi connectivity index (χ2v) is 4.52. The number of aliphatic hydroxyl groups is 1. The van der Waals surface area contributed by atoms with Gasteiger partial charge in [-0.05, 0) is 31.9 Å². The van der Waals surface area contributed by atoms with Crippen molar-refractivity contribution in [2.45, 2.75) is 39.6 Å². The van der Waals surface area contributed by atoms with Crippen molar-refractivity contribution in [3.8, 4) is 0 Å². The molecule has 1 atom stereocenters. The van der Waals surface area contributed by atoms with E-state index in [1.54, 1.807) is 12.2 Å². The molecule has 0 aliphatic carbocycles. The van der Waals surface area contributed by atoms with Crippen LogP contribution in [0.3, 0.4) is 0 Å². The Morgan fingerprint density at radius 3 is 2.00 bits per heavy atom. The highest BCUT2D eigenvalue weighted by molar-refractivity contribution is 5.19. The van der Waals surface area contributed by atoms with Crippen molar-refractivity contribution >= 4 is 0 Å². The molecule has 0 spiro atoms. The van der Waals surface area contributed by atoms with Gasteiger partial charge in [-0.15, -0.1) is 0 Å². The number of rotatable bonds is 6. The lowest BCUT2D eigenvalue weighted by atomic mass is 9.98. The maximum absolute atomic E-state index is 10.5. The van der Waals surface area contributed by atoms with Gasteiger partial charge in [0.2, 0.25) is 0 Å². The third-order valence-electron chi connectivity index (χ3n) is 2.07. The molecule has 0 saturated carbocycles. The average molecular weight is 228 g/mol. The first-order chi connectivity index (χ1) is 7.35. The summed E-state index contributed by atoms with van der Waals surface area (Å²) in [5, 5.41) is 10.5. The van der Waals surface area contributed by atoms with Crippen molar-refractivity contribution in [1.29, 1.82) is 0 Å². The molecule has 1 N–H and O–H groups in total. The molecule has 0 aromatic rings. The summed E-state index contributed by atoms with van der Waals surface area (Å²) in [6.07, 6.45) is 4.70. The van der Waals surface area contributed by atoms with Crippen LogP contribution in [0.15, 0.2) is 23.8 Å². The average Bonchev–Trinajstić information content (AvgIpc) is 2.15. The first-order valence-corrected chi connectivity index (χ1v) is 5.49. The van der Waals surface area contributed by atoms with Gasteiger partial charge in [-0.2, -0.15) is 0 Å². The highest BCUT2D eigenvalue weighted by Gasteiger charge is 2.32. The highest BCUT2D eigenvalue weighted by Crippen LogP contribution is 2.21. The number of hydrogen-bond acceptors (Lipinski definition) is 3. The largest absolute Gasteiger partial charge is 0.376 e. The molecule has 1 unspecified atom stereocenters. The van der Waals surface area contributed by atoms with E-state index in [9.17, 15) is 5.11 Å². The summed E-state index contributed by atoms with van der Waals surface area (Å²) >= 11 is 0. The second kappa shape index (κ2) is 6.84. The van der Waals surface area contributed by atoms with Gasteiger partial charge < -0.3 is 14.6 Å². The molecule has 0 aromatic carbocycles. The molecule has 0 aliphatic heterocycles. The van der Waals surface area contributed by atoms with Crippen LogP contribution in [-0.4, -0.2) is 31.2 Å². The molecule has 3 heteroatoms. The molecule has 94 valence electrons. The monoisotopic (exact) mass is 228 g/mol. The van der Waals surface area contributed by atoms with Crippen LogP contribution >= 0.6 is 0 Å². The van der Waals surface area contributed by atoms with E-state index in [1.807, 2.05) is 33.8 Å². The van der Waals surface area contributed by atoms with Crippen LogP contribution in [0.1, 0.15) is 27.7 Å². The Morgan fingerprint density at radius 1 is 1.19 bits per heavy atom. The van der Waals surface area contributed by atoms with Crippen molar-refractivity contribution < 1.29 is 14.6 Å². The van der Waals surface area contributed by atoms with Crippen molar-refractivity contribution in [2.75, 3.05) is 14.2 Å². The van der Waals surface area contributed by atoms with Crippen LogP contribution in [0, 0.1) is 5.92 Å². The van der Waals surface area contributed by atoms with E-state index in [0.717, 1.165) is 5.57 Å². The zero-order valence-electron chi connectivity index (χ0n) is 11.2. The molecular weight excluding hydrogens is 204 g/mol. The summed E-state index contributed by atoms with van der Waals surface area (Å²) in [4.78, 5) is 0. The summed E-state index contributed by atoms with van der Waals surface area (Å²) in [6, 6.07) is 0. The molecule has 0 bridgehead atoms. The van der Waals surface area contributed by atoms with Gasteiger partial charge in [0.15, 0.2) is 11.9 Å². The summed E-state index contributed by atoms with van der Waals surface area (Å²) < 4.78 is 10.3. The SMILES string of the molecule is COC(OC)C(O)(C=C(C)C)/C=C/C(C)C. The minimum absolute atomic E-state index is 0.367. The molecule has 0 rings (SSSR count). The van der Waals surface area contributed by atoms with E-state index >= 15 is 0 Å². The normalized spacial score (nSPS) is 15.8. The summed E-state index contributed by atoms with van der Waals surface area (Å²) in [6.45, 7) is 7.95. The van der Waals surface area contributed by atoms with Crippen LogP contribution in [0.4, 0.5) is 0 Å². The quantitative estimate of drug-likeness (QED) is 0.561. The van der Waals surface area contributed by atoms with Gasteiger partial charge in [0, 0.05) is 14.2 Å². The molecule has 0 aliphatic rings. The topological polar surface area (TPSA) is 38.7 Å². The number of ether oxygens (including phenoxy) is 2. The first kappa shape index (κ1) is 15.4. The van der Waals surface area contributed by atoms with E-state index in [2.05, 4.69) is 0 Å². The third kappa shape index (κ3) is 4.92. The predicted octanol–water partition coefficient (Wildman–Crippen LogP) is 2.51. The van der Waals surface area contributed by atoms with E-state index in [4.69, 9.17) is 9.47 Å². The minimum atomic E-state index is -1.22. The Labute approximate surface area is 98.8 Å². The standard InChI is InChI=1S/C13H24O3/c1-10(2)7-8-13(14,9-11(3)4)12(15-5)16-6/h7-10,12,14H,1-6H3/b8-7+. The molecular formula is C13H24O3. The summed E-state index contributed by atoms with van der Waals surface area (Å²) in [7, 11) is 3.03. The van der Waals surface area contributed by atoms with Gasteiger partial charge in [0.05, 0.1) is 0 Å². The molecule has 0 heterocycles. The van der Waals surface area contributed by atoms with Gasteiger partial charge in [-0.1, -0.05) is 25.5 Å². The van der Waals surface area contributed by atoms with Crippen LogP contribution in [0.25, 0.3) is 0 Å². The fraction of sp³-hybridized carbons (Fsp3) is 0.692. The zero-order valence-corrected chi connectivity index (χ0v) is 11.2. The lowest BCUT2D eigenvalue weighted by Gasteiger charge is -2.29. The lowest BCUT2D eigenvalue weighted by Crippen LogP contribution is -2.41. The van der Waals surface area contributed by atoms with Crippen molar-refractivity contribution in [2.24, 2.45) is 5.92 Å². The molecule has 3 nitrogen and oxygen atoms in total.